The van der Waals surface area contributed by atoms with E-state index in [9.17, 15) is 4.79 Å². The zero-order chi connectivity index (χ0) is 15.7. The van der Waals surface area contributed by atoms with Crippen molar-refractivity contribution in [3.05, 3.63) is 46.5 Å². The van der Waals surface area contributed by atoms with Gasteiger partial charge in [0.15, 0.2) is 0 Å². The van der Waals surface area contributed by atoms with Crippen molar-refractivity contribution in [2.75, 3.05) is 6.54 Å². The highest BCUT2D eigenvalue weighted by Crippen LogP contribution is 2.33. The second kappa shape index (κ2) is 6.25. The molecule has 2 atom stereocenters. The number of fused-ring (bicyclic) bond motifs is 1. The number of nitrogens with zero attached hydrogens (tertiary/aromatic N) is 1. The van der Waals surface area contributed by atoms with Crippen molar-refractivity contribution in [1.29, 1.82) is 0 Å². The lowest BCUT2D eigenvalue weighted by Gasteiger charge is -2.34. The molecular weight excluding hydrogens is 272 g/mol. The third-order valence-corrected chi connectivity index (χ3v) is 5.09. The van der Waals surface area contributed by atoms with Crippen LogP contribution in [0, 0.1) is 0 Å². The van der Waals surface area contributed by atoms with Crippen LogP contribution in [0.4, 0.5) is 0 Å². The first-order valence-electron chi connectivity index (χ1n) is 8.45. The number of aryl methyl sites for hydroxylation is 1. The van der Waals surface area contributed by atoms with Crippen molar-refractivity contribution in [2.45, 2.75) is 58.7 Å². The molecule has 22 heavy (non-hydrogen) atoms. The second-order valence-corrected chi connectivity index (χ2v) is 6.52. The van der Waals surface area contributed by atoms with Crippen LogP contribution in [0.3, 0.4) is 0 Å². The predicted octanol–water partition coefficient (Wildman–Crippen LogP) is 3.57. The number of carbonyl (C=O) groups excluding carboxylic acids is 1. The summed E-state index contributed by atoms with van der Waals surface area (Å²) in [6.45, 7) is 6.99. The molecule has 1 amide bonds. The van der Waals surface area contributed by atoms with Crippen LogP contribution in [0.15, 0.2) is 35.4 Å². The minimum Gasteiger partial charge on any atom is -0.319 e. The molecule has 0 radical (unpaired) electrons. The summed E-state index contributed by atoms with van der Waals surface area (Å²) in [6, 6.07) is 9.07. The Hall–Kier alpha value is -1.61. The lowest BCUT2D eigenvalue weighted by Crippen LogP contribution is -2.47. The van der Waals surface area contributed by atoms with E-state index < -0.39 is 0 Å². The first kappa shape index (κ1) is 15.3. The van der Waals surface area contributed by atoms with Crippen molar-refractivity contribution in [3.63, 3.8) is 0 Å². The molecule has 0 spiro atoms. The van der Waals surface area contributed by atoms with Gasteiger partial charge in [0.1, 0.15) is 6.17 Å². The highest BCUT2D eigenvalue weighted by atomic mass is 16.2. The first-order valence-corrected chi connectivity index (χ1v) is 8.45. The number of carbonyl (C=O) groups is 1. The molecule has 1 aromatic carbocycles. The van der Waals surface area contributed by atoms with Crippen LogP contribution in [0.2, 0.25) is 0 Å². The molecule has 3 nitrogen and oxygen atoms in total. The molecule has 0 saturated carbocycles. The minimum absolute atomic E-state index is 0.0589. The summed E-state index contributed by atoms with van der Waals surface area (Å²) >= 11 is 0. The van der Waals surface area contributed by atoms with Gasteiger partial charge in [0.2, 0.25) is 0 Å². The van der Waals surface area contributed by atoms with Gasteiger partial charge < -0.3 is 4.90 Å². The lowest BCUT2D eigenvalue weighted by atomic mass is 9.87. The Labute approximate surface area is 133 Å². The average Bonchev–Trinajstić information content (AvgIpc) is 2.74. The topological polar surface area (TPSA) is 32.3 Å². The van der Waals surface area contributed by atoms with Crippen LogP contribution in [0.1, 0.15) is 57.2 Å². The number of benzene rings is 1. The number of nitrogens with one attached hydrogen (secondary N) is 1. The highest BCUT2D eigenvalue weighted by molar-refractivity contribution is 5.96. The molecule has 1 N–H and O–H groups in total. The molecule has 3 heteroatoms. The van der Waals surface area contributed by atoms with E-state index in [1.807, 2.05) is 11.8 Å². The standard InChI is InChI=1S/C19H26N2O/c1-4-12-21-18(13(2)14(3)19(21)22)20-17-11-7-9-15-8-5-6-10-16(15)17/h5-6,8,10,17-18,20H,4,7,9,11-12H2,1-3H3/t17-,18-/m0/s1. The molecule has 0 bridgehead atoms. The molecule has 1 aliphatic carbocycles. The first-order chi connectivity index (χ1) is 10.6. The van der Waals surface area contributed by atoms with E-state index in [-0.39, 0.29) is 12.1 Å². The van der Waals surface area contributed by atoms with Crippen LogP contribution in [0.5, 0.6) is 0 Å². The number of hydrogen-bond acceptors (Lipinski definition) is 2. The summed E-state index contributed by atoms with van der Waals surface area (Å²) in [6.07, 6.45) is 4.58. The van der Waals surface area contributed by atoms with Crippen molar-refractivity contribution >= 4 is 5.91 Å². The van der Waals surface area contributed by atoms with E-state index in [1.165, 1.54) is 29.5 Å². The normalized spacial score (nSPS) is 24.9. The SMILES string of the molecule is CCCN1C(=O)C(C)=C(C)[C@H]1N[C@H]1CCCc2ccccc21. The fraction of sp³-hybridized carbons (Fsp3) is 0.526. The molecule has 2 aliphatic rings. The van der Waals surface area contributed by atoms with Crippen LogP contribution in [-0.4, -0.2) is 23.5 Å². The van der Waals surface area contributed by atoms with Gasteiger partial charge in [-0.25, -0.2) is 0 Å². The van der Waals surface area contributed by atoms with Crippen LogP contribution in [0.25, 0.3) is 0 Å². The van der Waals surface area contributed by atoms with Crippen molar-refractivity contribution in [2.24, 2.45) is 0 Å². The molecule has 0 unspecified atom stereocenters. The second-order valence-electron chi connectivity index (χ2n) is 6.52. The fourth-order valence-electron chi connectivity index (χ4n) is 3.74. The maximum absolute atomic E-state index is 12.4. The molecule has 1 aliphatic heterocycles. The maximum Gasteiger partial charge on any atom is 0.251 e. The van der Waals surface area contributed by atoms with Crippen molar-refractivity contribution < 1.29 is 4.79 Å². The molecular formula is C19H26N2O. The van der Waals surface area contributed by atoms with Crippen LogP contribution >= 0.6 is 0 Å². The van der Waals surface area contributed by atoms with Gasteiger partial charge >= 0.3 is 0 Å². The smallest absolute Gasteiger partial charge is 0.251 e. The van der Waals surface area contributed by atoms with Gasteiger partial charge in [0.25, 0.3) is 5.91 Å². The predicted molar refractivity (Wildman–Crippen MR) is 89.4 cm³/mol. The average molecular weight is 298 g/mol. The maximum atomic E-state index is 12.4. The zero-order valence-electron chi connectivity index (χ0n) is 13.9. The Morgan fingerprint density at radius 1 is 1.27 bits per heavy atom. The Balaban J connectivity index is 1.85. The van der Waals surface area contributed by atoms with Gasteiger partial charge in [0, 0.05) is 18.2 Å². The third kappa shape index (κ3) is 2.58. The monoisotopic (exact) mass is 298 g/mol. The fourth-order valence-corrected chi connectivity index (χ4v) is 3.74. The summed E-state index contributed by atoms with van der Waals surface area (Å²) in [7, 11) is 0. The largest absolute Gasteiger partial charge is 0.319 e. The van der Waals surface area contributed by atoms with Gasteiger partial charge in [-0.05, 0) is 56.2 Å². The minimum atomic E-state index is 0.0589. The summed E-state index contributed by atoms with van der Waals surface area (Å²) < 4.78 is 0. The van der Waals surface area contributed by atoms with E-state index >= 15 is 0 Å². The van der Waals surface area contributed by atoms with Gasteiger partial charge in [-0.3, -0.25) is 10.1 Å². The van der Waals surface area contributed by atoms with Crippen molar-refractivity contribution in [3.8, 4) is 0 Å². The molecule has 3 rings (SSSR count). The zero-order valence-corrected chi connectivity index (χ0v) is 13.9. The quantitative estimate of drug-likeness (QED) is 0.921. The van der Waals surface area contributed by atoms with Crippen LogP contribution in [-0.2, 0) is 11.2 Å². The molecule has 118 valence electrons. The van der Waals surface area contributed by atoms with Gasteiger partial charge in [-0.15, -0.1) is 0 Å². The molecule has 0 aromatic heterocycles. The van der Waals surface area contributed by atoms with Crippen molar-refractivity contribution in [1.82, 2.24) is 10.2 Å². The molecule has 1 heterocycles. The van der Waals surface area contributed by atoms with Gasteiger partial charge in [0.05, 0.1) is 0 Å². The van der Waals surface area contributed by atoms with E-state index in [0.717, 1.165) is 25.0 Å². The Kier molecular flexibility index (Phi) is 4.34. The lowest BCUT2D eigenvalue weighted by molar-refractivity contribution is -0.127. The Morgan fingerprint density at radius 2 is 2.05 bits per heavy atom. The Bertz CT molecular complexity index is 605. The van der Waals surface area contributed by atoms with E-state index in [0.29, 0.717) is 6.04 Å². The van der Waals surface area contributed by atoms with Gasteiger partial charge in [-0.1, -0.05) is 31.2 Å². The molecule has 0 fully saturated rings. The van der Waals surface area contributed by atoms with E-state index in [4.69, 9.17) is 0 Å². The number of hydrogen-bond donors (Lipinski definition) is 1. The Morgan fingerprint density at radius 3 is 2.82 bits per heavy atom. The number of amides is 1. The molecule has 0 saturated heterocycles. The molecule has 1 aromatic rings. The number of rotatable bonds is 4. The van der Waals surface area contributed by atoms with E-state index in [1.54, 1.807) is 0 Å². The van der Waals surface area contributed by atoms with Gasteiger partial charge in [-0.2, -0.15) is 0 Å². The summed E-state index contributed by atoms with van der Waals surface area (Å²) in [5, 5.41) is 3.77. The summed E-state index contributed by atoms with van der Waals surface area (Å²) in [5.74, 6) is 0.195. The third-order valence-electron chi connectivity index (χ3n) is 5.09. The summed E-state index contributed by atoms with van der Waals surface area (Å²) in [5.41, 5.74) is 4.96. The summed E-state index contributed by atoms with van der Waals surface area (Å²) in [4.78, 5) is 14.4. The van der Waals surface area contributed by atoms with Crippen LogP contribution < -0.4 is 5.32 Å². The van der Waals surface area contributed by atoms with E-state index in [2.05, 4.69) is 43.4 Å². The highest BCUT2D eigenvalue weighted by Gasteiger charge is 2.36.